The van der Waals surface area contributed by atoms with Gasteiger partial charge in [0.2, 0.25) is 0 Å². The largest absolute Gasteiger partial charge is 0.545 e. The lowest BCUT2D eigenvalue weighted by atomic mass is 10.0. The van der Waals surface area contributed by atoms with E-state index in [2.05, 4.69) is 123 Å². The lowest BCUT2D eigenvalue weighted by Gasteiger charge is -2.26. The van der Waals surface area contributed by atoms with Gasteiger partial charge in [0.15, 0.2) is 12.4 Å². The molecule has 0 aliphatic carbocycles. The Morgan fingerprint density at radius 1 is 0.353 bits per heavy atom. The Kier molecular flexibility index (Phi) is 62.8. The molecule has 9 nitrogen and oxygen atoms in total. The van der Waals surface area contributed by atoms with E-state index >= 15 is 0 Å². The number of esters is 2. The average Bonchev–Trinajstić information content (AvgIpc) is 3.48. The van der Waals surface area contributed by atoms with Crippen molar-refractivity contribution in [3.8, 4) is 0 Å². The number of carboxylic acids is 1. The summed E-state index contributed by atoms with van der Waals surface area (Å²) in [5.74, 6) is -2.32. The van der Waals surface area contributed by atoms with Crippen molar-refractivity contribution < 1.29 is 42.9 Å². The molecule has 0 rings (SSSR count). The maximum absolute atomic E-state index is 12.9. The highest BCUT2D eigenvalue weighted by Gasteiger charge is 2.22. The Hall–Kier alpha value is -4.05. The summed E-state index contributed by atoms with van der Waals surface area (Å²) >= 11 is 0. The van der Waals surface area contributed by atoms with Crippen LogP contribution in [0, 0.1) is 0 Å². The summed E-state index contributed by atoms with van der Waals surface area (Å²) in [6, 6.07) is 0. The lowest BCUT2D eigenvalue weighted by molar-refractivity contribution is -0.870. The molecule has 488 valence electrons. The average molecular weight is 1190 g/mol. The second-order valence-corrected chi connectivity index (χ2v) is 24.4. The second kappa shape index (κ2) is 65.9. The Labute approximate surface area is 524 Å². The molecule has 0 saturated carbocycles. The van der Waals surface area contributed by atoms with E-state index in [9.17, 15) is 19.5 Å². The fourth-order valence-corrected chi connectivity index (χ4v) is 9.73. The number of carbonyl (C=O) groups excluding carboxylic acids is 3. The first-order valence-electron chi connectivity index (χ1n) is 35.0. The SMILES string of the molecule is CC/C=C\C/C=C\C/C=C\C/C=C\C/C=C\CCCCCC(=O)OC(COC(=O)CCCCCCCCCCCCCCCCCCCCCCCCCCCCCC/C=C\C/C=C\C/C=C\C/C=C\CC)COC(OCC[N+](C)(C)C)C(=O)[O-]. The quantitative estimate of drug-likeness (QED) is 0.0195. The summed E-state index contributed by atoms with van der Waals surface area (Å²) in [4.78, 5) is 37.4. The molecule has 2 unspecified atom stereocenters. The van der Waals surface area contributed by atoms with Crippen molar-refractivity contribution in [1.29, 1.82) is 0 Å². The molecule has 0 aromatic carbocycles. The van der Waals surface area contributed by atoms with E-state index in [1.54, 1.807) is 0 Å². The van der Waals surface area contributed by atoms with Crippen LogP contribution in [0.4, 0.5) is 0 Å². The molecule has 85 heavy (non-hydrogen) atoms. The minimum Gasteiger partial charge on any atom is -0.545 e. The van der Waals surface area contributed by atoms with Gasteiger partial charge >= 0.3 is 11.9 Å². The zero-order chi connectivity index (χ0) is 61.9. The van der Waals surface area contributed by atoms with Crippen LogP contribution in [0.5, 0.6) is 0 Å². The van der Waals surface area contributed by atoms with Crippen molar-refractivity contribution in [3.63, 3.8) is 0 Å². The van der Waals surface area contributed by atoms with Crippen LogP contribution >= 0.6 is 0 Å². The predicted molar refractivity (Wildman–Crippen MR) is 361 cm³/mol. The minimum atomic E-state index is -1.63. The highest BCUT2D eigenvalue weighted by Crippen LogP contribution is 2.18. The summed E-state index contributed by atoms with van der Waals surface area (Å²) < 4.78 is 22.7. The molecular formula is C76H131NO8. The van der Waals surface area contributed by atoms with Crippen molar-refractivity contribution in [2.75, 3.05) is 47.5 Å². The topological polar surface area (TPSA) is 111 Å². The first-order valence-corrected chi connectivity index (χ1v) is 35.0. The summed E-state index contributed by atoms with van der Waals surface area (Å²) in [5.41, 5.74) is 0. The molecule has 0 radical (unpaired) electrons. The Morgan fingerprint density at radius 2 is 0.635 bits per heavy atom. The Morgan fingerprint density at radius 3 is 0.953 bits per heavy atom. The van der Waals surface area contributed by atoms with Crippen LogP contribution in [0.1, 0.15) is 296 Å². The number of hydrogen-bond donors (Lipinski definition) is 0. The van der Waals surface area contributed by atoms with E-state index in [0.717, 1.165) is 96.3 Å². The van der Waals surface area contributed by atoms with Crippen LogP contribution in [0.25, 0.3) is 0 Å². The second-order valence-electron chi connectivity index (χ2n) is 24.4. The maximum atomic E-state index is 12.9. The first-order chi connectivity index (χ1) is 41.6. The number of carboxylic acid groups (broad SMARTS) is 1. The monoisotopic (exact) mass is 1190 g/mol. The number of hydrogen-bond acceptors (Lipinski definition) is 8. The van der Waals surface area contributed by atoms with E-state index in [1.165, 1.54) is 167 Å². The van der Waals surface area contributed by atoms with Crippen LogP contribution in [-0.2, 0) is 33.3 Å². The smallest absolute Gasteiger partial charge is 0.306 e. The molecule has 0 fully saturated rings. The van der Waals surface area contributed by atoms with Gasteiger partial charge in [-0.05, 0) is 96.3 Å². The third kappa shape index (κ3) is 67.3. The Bertz CT molecular complexity index is 1760. The minimum absolute atomic E-state index is 0.138. The van der Waals surface area contributed by atoms with Gasteiger partial charge in [-0.2, -0.15) is 0 Å². The zero-order valence-electron chi connectivity index (χ0n) is 55.7. The van der Waals surface area contributed by atoms with Gasteiger partial charge in [-0.25, -0.2) is 0 Å². The molecular weight excluding hydrogens is 1050 g/mol. The van der Waals surface area contributed by atoms with Gasteiger partial charge in [0, 0.05) is 12.8 Å². The molecule has 0 aliphatic rings. The van der Waals surface area contributed by atoms with E-state index in [1.807, 2.05) is 21.1 Å². The fourth-order valence-electron chi connectivity index (χ4n) is 9.73. The molecule has 0 aromatic heterocycles. The van der Waals surface area contributed by atoms with Crippen molar-refractivity contribution >= 4 is 17.9 Å². The van der Waals surface area contributed by atoms with Crippen molar-refractivity contribution in [3.05, 3.63) is 109 Å². The maximum Gasteiger partial charge on any atom is 0.306 e. The molecule has 0 aliphatic heterocycles. The normalized spacial score (nSPS) is 13.4. The number of ether oxygens (including phenoxy) is 4. The number of carbonyl (C=O) groups is 3. The third-order valence-corrected chi connectivity index (χ3v) is 15.0. The van der Waals surface area contributed by atoms with E-state index in [4.69, 9.17) is 18.9 Å². The van der Waals surface area contributed by atoms with Crippen LogP contribution in [-0.4, -0.2) is 82.3 Å². The number of unbranched alkanes of at least 4 members (excludes halogenated alkanes) is 31. The lowest BCUT2D eigenvalue weighted by Crippen LogP contribution is -2.44. The first kappa shape index (κ1) is 81.0. The van der Waals surface area contributed by atoms with Gasteiger partial charge in [-0.15, -0.1) is 0 Å². The summed E-state index contributed by atoms with van der Waals surface area (Å²) in [5, 5.41) is 11.8. The zero-order valence-corrected chi connectivity index (χ0v) is 55.7. The van der Waals surface area contributed by atoms with Gasteiger partial charge in [0.25, 0.3) is 0 Å². The van der Waals surface area contributed by atoms with Gasteiger partial charge in [0.1, 0.15) is 13.2 Å². The highest BCUT2D eigenvalue weighted by atomic mass is 16.7. The van der Waals surface area contributed by atoms with Crippen LogP contribution in [0.15, 0.2) is 109 Å². The summed E-state index contributed by atoms with van der Waals surface area (Å²) in [7, 11) is 5.91. The molecule has 9 heteroatoms. The molecule has 0 amide bonds. The number of aliphatic carboxylic acids is 1. The standard InChI is InChI=1S/C76H131NO8/c1-6-8-10-12-14-16-18-20-22-24-26-27-28-29-30-31-32-33-34-35-36-37-38-39-40-41-42-43-44-45-46-47-49-50-52-54-56-58-60-62-64-66-73(78)83-70-72(71-84-76(75(80)81)82-69-68-77(3,4)5)85-74(79)67-65-63-61-59-57-55-53-51-48-25-23-21-19-17-15-13-11-9-7-2/h8-11,14-17,20-23,26-27,48,51,55,57,72,76H,6-7,12-13,18-19,24-25,28-47,49-50,52-54,56,58-71H2,1-5H3/b10-8-,11-9-,16-14-,17-15-,22-20-,23-21-,27-26-,51-48-,57-55-. The fraction of sp³-hybridized carbons (Fsp3) is 0.724. The molecule has 0 saturated heterocycles. The van der Waals surface area contributed by atoms with Gasteiger partial charge < -0.3 is 33.3 Å². The number of nitrogens with zero attached hydrogens (tertiary/aromatic N) is 1. The molecule has 2 atom stereocenters. The van der Waals surface area contributed by atoms with E-state index in [0.29, 0.717) is 17.4 Å². The van der Waals surface area contributed by atoms with Crippen LogP contribution < -0.4 is 5.11 Å². The predicted octanol–water partition coefficient (Wildman–Crippen LogP) is 20.5. The highest BCUT2D eigenvalue weighted by molar-refractivity contribution is 5.70. The Balaban J connectivity index is 3.98. The number of likely N-dealkylation sites (N-methyl/N-ethyl adjacent to an activating group) is 1. The molecule has 0 N–H and O–H groups in total. The van der Waals surface area contributed by atoms with Crippen LogP contribution in [0.3, 0.4) is 0 Å². The molecule has 0 spiro atoms. The van der Waals surface area contributed by atoms with Gasteiger partial charge in [0.05, 0.1) is 40.3 Å². The number of quaternary nitrogens is 1. The number of rotatable bonds is 64. The van der Waals surface area contributed by atoms with Gasteiger partial charge in [-0.1, -0.05) is 297 Å². The van der Waals surface area contributed by atoms with E-state index < -0.39 is 24.3 Å². The van der Waals surface area contributed by atoms with Crippen molar-refractivity contribution in [2.24, 2.45) is 0 Å². The molecule has 0 aromatic rings. The summed E-state index contributed by atoms with van der Waals surface area (Å²) in [6.07, 6.45) is 89.2. The van der Waals surface area contributed by atoms with E-state index in [-0.39, 0.29) is 38.6 Å². The summed E-state index contributed by atoms with van der Waals surface area (Å²) in [6.45, 7) is 4.50. The van der Waals surface area contributed by atoms with Crippen molar-refractivity contribution in [1.82, 2.24) is 0 Å². The van der Waals surface area contributed by atoms with Crippen LogP contribution in [0.2, 0.25) is 0 Å². The third-order valence-electron chi connectivity index (χ3n) is 15.0. The molecule has 0 heterocycles. The van der Waals surface area contributed by atoms with Crippen molar-refractivity contribution in [2.45, 2.75) is 309 Å². The van der Waals surface area contributed by atoms with Gasteiger partial charge in [-0.3, -0.25) is 9.59 Å². The molecule has 0 bridgehead atoms. The number of allylic oxidation sites excluding steroid dienone is 18.